The minimum Gasteiger partial charge on any atom is -0.478 e. The molecule has 7 nitrogen and oxygen atoms in total. The Kier molecular flexibility index (Phi) is 6.39. The van der Waals surface area contributed by atoms with Gasteiger partial charge in [-0.3, -0.25) is 9.59 Å². The van der Waals surface area contributed by atoms with E-state index in [9.17, 15) is 14.4 Å². The average Bonchev–Trinajstić information content (AvgIpc) is 2.74. The Bertz CT molecular complexity index is 947. The molecule has 2 N–H and O–H groups in total. The molecule has 1 fully saturated rings. The summed E-state index contributed by atoms with van der Waals surface area (Å²) in [4.78, 5) is 38.0. The van der Waals surface area contributed by atoms with Gasteiger partial charge >= 0.3 is 5.97 Å². The molecular formula is C22H23N3O4. The van der Waals surface area contributed by atoms with Crippen LogP contribution in [-0.2, 0) is 4.79 Å². The van der Waals surface area contributed by atoms with Crippen LogP contribution in [0.2, 0.25) is 0 Å². The summed E-state index contributed by atoms with van der Waals surface area (Å²) < 4.78 is 0. The molecule has 0 atom stereocenters. The van der Waals surface area contributed by atoms with E-state index in [1.807, 2.05) is 31.2 Å². The van der Waals surface area contributed by atoms with Gasteiger partial charge in [-0.15, -0.1) is 0 Å². The van der Waals surface area contributed by atoms with Crippen LogP contribution in [0.1, 0.15) is 44.7 Å². The summed E-state index contributed by atoms with van der Waals surface area (Å²) in [6, 6.07) is 13.9. The largest absolute Gasteiger partial charge is 0.478 e. The van der Waals surface area contributed by atoms with Crippen molar-refractivity contribution in [1.82, 2.24) is 10.3 Å². The molecule has 2 aromatic carbocycles. The Balaban J connectivity index is 1.54. The van der Waals surface area contributed by atoms with Crippen molar-refractivity contribution in [3.63, 3.8) is 0 Å². The molecule has 1 heterocycles. The topological polar surface area (TPSA) is 99.1 Å². The number of carbonyl (C=O) groups excluding carboxylic acids is 2. The summed E-state index contributed by atoms with van der Waals surface area (Å²) in [6.07, 6.45) is 2.45. The summed E-state index contributed by atoms with van der Waals surface area (Å²) in [5.41, 5.74) is 4.65. The van der Waals surface area contributed by atoms with Gasteiger partial charge in [-0.2, -0.15) is 5.10 Å². The third kappa shape index (κ3) is 4.87. The quantitative estimate of drug-likeness (QED) is 0.603. The molecule has 0 spiro atoms. The monoisotopic (exact) mass is 393 g/mol. The van der Waals surface area contributed by atoms with E-state index in [4.69, 9.17) is 5.11 Å². The number of piperidine rings is 1. The zero-order chi connectivity index (χ0) is 20.8. The lowest BCUT2D eigenvalue weighted by atomic mass is 9.95. The third-order valence-electron chi connectivity index (χ3n) is 5.10. The predicted octanol–water partition coefficient (Wildman–Crippen LogP) is 2.70. The van der Waals surface area contributed by atoms with Gasteiger partial charge in [0.2, 0.25) is 5.91 Å². The van der Waals surface area contributed by atoms with E-state index in [1.165, 1.54) is 12.3 Å². The van der Waals surface area contributed by atoms with Crippen LogP contribution in [0.5, 0.6) is 0 Å². The second-order valence-corrected chi connectivity index (χ2v) is 7.01. The fraction of sp³-hybridized carbons (Fsp3) is 0.273. The van der Waals surface area contributed by atoms with Crippen LogP contribution in [0.4, 0.5) is 0 Å². The molecule has 0 unspecified atom stereocenters. The zero-order valence-electron chi connectivity index (χ0n) is 16.2. The highest BCUT2D eigenvalue weighted by Crippen LogP contribution is 2.20. The van der Waals surface area contributed by atoms with Gasteiger partial charge in [0, 0.05) is 30.1 Å². The van der Waals surface area contributed by atoms with Crippen LogP contribution in [-0.4, -0.2) is 47.1 Å². The summed E-state index contributed by atoms with van der Waals surface area (Å²) in [7, 11) is 0. The van der Waals surface area contributed by atoms with Crippen molar-refractivity contribution in [1.29, 1.82) is 0 Å². The number of carboxylic acid groups (broad SMARTS) is 1. The number of nitrogens with one attached hydrogen (secondary N) is 1. The summed E-state index contributed by atoms with van der Waals surface area (Å²) >= 11 is 0. The van der Waals surface area contributed by atoms with Crippen LogP contribution in [0.25, 0.3) is 0 Å². The second kappa shape index (κ2) is 9.14. The van der Waals surface area contributed by atoms with Crippen LogP contribution in [0.15, 0.2) is 53.6 Å². The fourth-order valence-corrected chi connectivity index (χ4v) is 3.39. The molecule has 2 amide bonds. The lowest BCUT2D eigenvalue weighted by molar-refractivity contribution is -0.126. The van der Waals surface area contributed by atoms with Crippen molar-refractivity contribution in [3.05, 3.63) is 70.8 Å². The summed E-state index contributed by atoms with van der Waals surface area (Å²) in [5.74, 6) is -1.52. The van der Waals surface area contributed by atoms with Gasteiger partial charge in [0.1, 0.15) is 0 Å². The van der Waals surface area contributed by atoms with Crippen LogP contribution in [0.3, 0.4) is 0 Å². The molecule has 7 heteroatoms. The number of aromatic carboxylic acids is 1. The molecular weight excluding hydrogens is 370 g/mol. The van der Waals surface area contributed by atoms with E-state index >= 15 is 0 Å². The number of aryl methyl sites for hydroxylation is 1. The van der Waals surface area contributed by atoms with Gasteiger partial charge in [0.25, 0.3) is 5.91 Å². The van der Waals surface area contributed by atoms with Gasteiger partial charge in [0.15, 0.2) is 0 Å². The van der Waals surface area contributed by atoms with Crippen molar-refractivity contribution in [2.45, 2.75) is 19.8 Å². The molecule has 1 saturated heterocycles. The number of carboxylic acids is 1. The first-order chi connectivity index (χ1) is 14.0. The number of nitrogens with zero attached hydrogens (tertiary/aromatic N) is 2. The minimum absolute atomic E-state index is 0.00902. The number of amides is 2. The zero-order valence-corrected chi connectivity index (χ0v) is 16.2. The van der Waals surface area contributed by atoms with E-state index in [0.29, 0.717) is 37.1 Å². The molecule has 3 rings (SSSR count). The van der Waals surface area contributed by atoms with Crippen LogP contribution >= 0.6 is 0 Å². The molecule has 0 bridgehead atoms. The van der Waals surface area contributed by atoms with E-state index in [1.54, 1.807) is 23.1 Å². The van der Waals surface area contributed by atoms with Gasteiger partial charge < -0.3 is 10.0 Å². The lowest BCUT2D eigenvalue weighted by Crippen LogP contribution is -2.42. The maximum absolute atomic E-state index is 12.7. The van der Waals surface area contributed by atoms with E-state index in [2.05, 4.69) is 10.5 Å². The Morgan fingerprint density at radius 1 is 1.03 bits per heavy atom. The molecule has 1 aliphatic heterocycles. The first-order valence-electron chi connectivity index (χ1n) is 9.47. The van der Waals surface area contributed by atoms with Crippen molar-refractivity contribution in [3.8, 4) is 0 Å². The first kappa shape index (κ1) is 20.3. The van der Waals surface area contributed by atoms with Crippen molar-refractivity contribution in [2.24, 2.45) is 11.0 Å². The maximum Gasteiger partial charge on any atom is 0.336 e. The van der Waals surface area contributed by atoms with Crippen molar-refractivity contribution < 1.29 is 19.5 Å². The van der Waals surface area contributed by atoms with Crippen LogP contribution < -0.4 is 5.43 Å². The summed E-state index contributed by atoms with van der Waals surface area (Å²) in [5, 5.41) is 13.1. The molecule has 150 valence electrons. The van der Waals surface area contributed by atoms with Crippen molar-refractivity contribution >= 4 is 24.0 Å². The first-order valence-corrected chi connectivity index (χ1v) is 9.47. The number of hydrazone groups is 1. The highest BCUT2D eigenvalue weighted by molar-refractivity contribution is 5.98. The SMILES string of the molecule is Cc1ccccc1C(=O)N1CCC(C(=O)N/N=C/c2ccccc2C(=O)O)CC1. The number of carbonyl (C=O) groups is 3. The van der Waals surface area contributed by atoms with E-state index < -0.39 is 5.97 Å². The maximum atomic E-state index is 12.7. The highest BCUT2D eigenvalue weighted by Gasteiger charge is 2.28. The Morgan fingerprint density at radius 2 is 1.66 bits per heavy atom. The Morgan fingerprint density at radius 3 is 2.31 bits per heavy atom. The molecule has 0 radical (unpaired) electrons. The van der Waals surface area contributed by atoms with E-state index in [-0.39, 0.29) is 23.3 Å². The lowest BCUT2D eigenvalue weighted by Gasteiger charge is -2.31. The molecule has 0 saturated carbocycles. The van der Waals surface area contributed by atoms with E-state index in [0.717, 1.165) is 5.56 Å². The molecule has 29 heavy (non-hydrogen) atoms. The number of hydrogen-bond acceptors (Lipinski definition) is 4. The second-order valence-electron chi connectivity index (χ2n) is 7.01. The van der Waals surface area contributed by atoms with Crippen molar-refractivity contribution in [2.75, 3.05) is 13.1 Å². The minimum atomic E-state index is -1.05. The third-order valence-corrected chi connectivity index (χ3v) is 5.10. The van der Waals surface area contributed by atoms with Gasteiger partial charge in [-0.1, -0.05) is 36.4 Å². The number of hydrogen-bond donors (Lipinski definition) is 2. The number of benzene rings is 2. The van der Waals surface area contributed by atoms with Gasteiger partial charge in [-0.05, 0) is 37.5 Å². The number of rotatable bonds is 5. The van der Waals surface area contributed by atoms with Gasteiger partial charge in [-0.25, -0.2) is 10.2 Å². The molecule has 0 aromatic heterocycles. The molecule has 1 aliphatic rings. The molecule has 2 aromatic rings. The Labute approximate surface area is 169 Å². The normalized spacial score (nSPS) is 14.7. The average molecular weight is 393 g/mol. The predicted molar refractivity (Wildman–Crippen MR) is 109 cm³/mol. The highest BCUT2D eigenvalue weighted by atomic mass is 16.4. The van der Waals surface area contributed by atoms with Crippen LogP contribution in [0, 0.1) is 12.8 Å². The fourth-order valence-electron chi connectivity index (χ4n) is 3.39. The summed E-state index contributed by atoms with van der Waals surface area (Å²) in [6.45, 7) is 2.93. The molecule has 0 aliphatic carbocycles. The number of likely N-dealkylation sites (tertiary alicyclic amines) is 1. The van der Waals surface area contributed by atoms with Gasteiger partial charge in [0.05, 0.1) is 11.8 Å². The standard InChI is InChI=1S/C22H23N3O4/c1-15-6-2-4-8-18(15)21(27)25-12-10-16(11-13-25)20(26)24-23-14-17-7-3-5-9-19(17)22(28)29/h2-9,14,16H,10-13H2,1H3,(H,24,26)(H,28,29)/b23-14+. The Hall–Kier alpha value is -3.48. The smallest absolute Gasteiger partial charge is 0.336 e.